The molecule has 0 N–H and O–H groups in total. The first-order valence-corrected chi connectivity index (χ1v) is 10.4. The fraction of sp³-hybridized carbons (Fsp3) is 1.00. The molecule has 0 saturated heterocycles. The lowest BCUT2D eigenvalue weighted by Crippen LogP contribution is -2.57. The van der Waals surface area contributed by atoms with Gasteiger partial charge in [0.15, 0.2) is 0 Å². The molecule has 0 atom stereocenters. The van der Waals surface area contributed by atoms with Crippen LogP contribution in [0, 0.1) is 0 Å². The highest BCUT2D eigenvalue weighted by Crippen LogP contribution is 2.17. The van der Waals surface area contributed by atoms with Gasteiger partial charge in [-0.1, -0.05) is 32.7 Å². The number of nitrogens with zero attached hydrogens (tertiary/aromatic N) is 4. The maximum absolute atomic E-state index is 8.40. The van der Waals surface area contributed by atoms with Crippen molar-refractivity contribution in [3.63, 3.8) is 0 Å². The minimum atomic E-state index is -1.84. The predicted octanol–water partition coefficient (Wildman–Crippen LogP) is 2.77. The fourth-order valence-electron chi connectivity index (χ4n) is 0.997. The molecule has 0 spiro atoms. The first-order chi connectivity index (χ1) is 5.22. The predicted molar refractivity (Wildman–Crippen MR) is 57.7 cm³/mol. The molecule has 6 heteroatoms. The van der Waals surface area contributed by atoms with Gasteiger partial charge < -0.3 is 4.23 Å². The Morgan fingerprint density at radius 2 is 1.58 bits per heavy atom. The summed E-state index contributed by atoms with van der Waals surface area (Å²) in [7, 11) is -1.07. The molecule has 0 aliphatic heterocycles. The van der Waals surface area contributed by atoms with E-state index < -0.39 is 16.6 Å². The zero-order valence-electron chi connectivity index (χ0n) is 8.79. The number of azide groups is 1. The molecular weight excluding hydrogens is 184 g/mol. The highest BCUT2D eigenvalue weighted by molar-refractivity contribution is 6.89. The molecule has 0 radical (unpaired) electrons. The van der Waals surface area contributed by atoms with Crippen molar-refractivity contribution in [2.24, 2.45) is 4.78 Å². The summed E-state index contributed by atoms with van der Waals surface area (Å²) in [5, 5.41) is 0. The van der Waals surface area contributed by atoms with E-state index in [2.05, 4.69) is 53.7 Å². The quantitative estimate of drug-likeness (QED) is 0.300. The first-order valence-electron chi connectivity index (χ1n) is 4.02. The van der Waals surface area contributed by atoms with Gasteiger partial charge >= 0.3 is 0 Å². The van der Waals surface area contributed by atoms with Gasteiger partial charge in [0.05, 0.1) is 0 Å². The summed E-state index contributed by atoms with van der Waals surface area (Å²) in [4.78, 5) is 2.91. The molecule has 70 valence electrons. The Hall–Kier alpha value is -0.296. The Morgan fingerprint density at radius 1 is 1.17 bits per heavy atom. The van der Waals surface area contributed by atoms with Crippen LogP contribution in [0.25, 0.3) is 10.4 Å². The molecule has 0 aromatic carbocycles. The number of hydrogen-bond acceptors (Lipinski definition) is 2. The van der Waals surface area contributed by atoms with Gasteiger partial charge in [-0.05, 0) is 17.5 Å². The maximum atomic E-state index is 8.40. The molecule has 0 amide bonds. The first kappa shape index (κ1) is 11.7. The second-order valence-corrected chi connectivity index (χ2v) is 13.7. The highest BCUT2D eigenvalue weighted by atomic mass is 28.4. The molecule has 0 unspecified atom stereocenters. The summed E-state index contributed by atoms with van der Waals surface area (Å²) in [6, 6.07) is 0. The van der Waals surface area contributed by atoms with Crippen molar-refractivity contribution in [3.8, 4) is 0 Å². The van der Waals surface area contributed by atoms with E-state index in [0.717, 1.165) is 0 Å². The Labute approximate surface area is 76.5 Å². The van der Waals surface area contributed by atoms with Crippen LogP contribution in [0.2, 0.25) is 32.7 Å². The van der Waals surface area contributed by atoms with Crippen LogP contribution in [0.15, 0.2) is 4.78 Å². The molecule has 0 aromatic rings. The lowest BCUT2D eigenvalue weighted by atomic mass is 11.6. The third-order valence-corrected chi connectivity index (χ3v) is 10.0. The van der Waals surface area contributed by atoms with E-state index in [1.54, 1.807) is 0 Å². The van der Waals surface area contributed by atoms with Gasteiger partial charge in [-0.2, -0.15) is 0 Å². The molecule has 0 rings (SSSR count). The van der Waals surface area contributed by atoms with E-state index in [1.807, 2.05) is 0 Å². The van der Waals surface area contributed by atoms with Gasteiger partial charge in [-0.15, -0.1) is 4.78 Å². The van der Waals surface area contributed by atoms with Crippen LogP contribution in [-0.4, -0.2) is 27.9 Å². The molecule has 0 fully saturated rings. The second kappa shape index (κ2) is 3.61. The van der Waals surface area contributed by atoms with Gasteiger partial charge in [-0.25, -0.2) is 0 Å². The van der Waals surface area contributed by atoms with Crippen LogP contribution < -0.4 is 0 Å². The van der Waals surface area contributed by atoms with Crippen molar-refractivity contribution in [3.05, 3.63) is 10.4 Å². The van der Waals surface area contributed by atoms with Crippen molar-refractivity contribution in [1.29, 1.82) is 0 Å². The molecule has 0 aliphatic carbocycles. The molecule has 0 saturated carbocycles. The minimum absolute atomic E-state index is 1.30. The molecule has 4 nitrogen and oxygen atoms in total. The largest absolute Gasteiger partial charge is 0.345 e. The summed E-state index contributed by atoms with van der Waals surface area (Å²) in [5.74, 6) is 0. The number of rotatable bonds is 3. The summed E-state index contributed by atoms with van der Waals surface area (Å²) < 4.78 is 6.22. The van der Waals surface area contributed by atoms with Gasteiger partial charge in [0.25, 0.3) is 0 Å². The van der Waals surface area contributed by atoms with E-state index in [-0.39, 0.29) is 0 Å². The Kier molecular flexibility index (Phi) is 3.52. The third-order valence-electron chi connectivity index (χ3n) is 2.12. The molecule has 0 aliphatic rings. The van der Waals surface area contributed by atoms with Gasteiger partial charge in [0, 0.05) is 0 Å². The fourth-order valence-corrected chi connectivity index (χ4v) is 8.05. The average molecular weight is 202 g/mol. The normalized spacial score (nSPS) is 12.9. The van der Waals surface area contributed by atoms with Crippen molar-refractivity contribution in [2.75, 3.05) is 7.05 Å². The van der Waals surface area contributed by atoms with Crippen LogP contribution >= 0.6 is 0 Å². The summed E-state index contributed by atoms with van der Waals surface area (Å²) >= 11 is 0. The van der Waals surface area contributed by atoms with E-state index in [4.69, 9.17) is 5.53 Å². The lowest BCUT2D eigenvalue weighted by Gasteiger charge is -2.39. The van der Waals surface area contributed by atoms with Crippen LogP contribution in [0.1, 0.15) is 0 Å². The van der Waals surface area contributed by atoms with E-state index in [0.29, 0.717) is 0 Å². The average Bonchev–Trinajstić information content (AvgIpc) is 1.84. The van der Waals surface area contributed by atoms with Crippen molar-refractivity contribution in [1.82, 2.24) is 4.23 Å². The van der Waals surface area contributed by atoms with E-state index >= 15 is 0 Å². The van der Waals surface area contributed by atoms with Crippen molar-refractivity contribution >= 4 is 16.6 Å². The lowest BCUT2D eigenvalue weighted by molar-refractivity contribution is 0.749. The third kappa shape index (κ3) is 2.98. The Morgan fingerprint density at radius 3 is 1.83 bits per heavy atom. The van der Waals surface area contributed by atoms with Gasteiger partial charge in [0.1, 0.15) is 8.24 Å². The van der Waals surface area contributed by atoms with Crippen LogP contribution in [0.5, 0.6) is 0 Å². The summed E-state index contributed by atoms with van der Waals surface area (Å²) in [6.45, 7) is 10.9. The van der Waals surface area contributed by atoms with E-state index in [1.165, 1.54) is 0 Å². The second-order valence-electron chi connectivity index (χ2n) is 4.41. The summed E-state index contributed by atoms with van der Waals surface area (Å²) in [5.41, 5.74) is 8.40. The van der Waals surface area contributed by atoms with E-state index in [9.17, 15) is 0 Å². The Balaban J connectivity index is 4.68. The smallest absolute Gasteiger partial charge is 0.215 e. The Bertz CT molecular complexity index is 202. The van der Waals surface area contributed by atoms with Gasteiger partial charge in [0.2, 0.25) is 8.40 Å². The monoisotopic (exact) mass is 202 g/mol. The van der Waals surface area contributed by atoms with Crippen LogP contribution in [0.4, 0.5) is 0 Å². The maximum Gasteiger partial charge on any atom is 0.215 e. The molecular formula is C6H18N4Si2. The topological polar surface area (TPSA) is 52.0 Å². The SMILES string of the molecule is CN([Si](C)(C)C)[Si](C)(C)N=[N+]=[N-]. The summed E-state index contributed by atoms with van der Waals surface area (Å²) in [6.07, 6.45) is 0. The molecule has 0 bridgehead atoms. The van der Waals surface area contributed by atoms with Gasteiger partial charge in [-0.3, -0.25) is 0 Å². The van der Waals surface area contributed by atoms with Crippen LogP contribution in [-0.2, 0) is 0 Å². The molecule has 0 heterocycles. The standard InChI is InChI=1S/C6H18N4Si2/c1-10(11(2,3)4)12(5,6)9-8-7/h1-6H3. The number of hydrogen-bond donors (Lipinski definition) is 0. The van der Waals surface area contributed by atoms with Crippen molar-refractivity contribution < 1.29 is 0 Å². The zero-order chi connectivity index (χ0) is 9.99. The molecule has 0 aromatic heterocycles. The highest BCUT2D eigenvalue weighted by Gasteiger charge is 2.34. The molecule has 12 heavy (non-hydrogen) atoms. The van der Waals surface area contributed by atoms with Crippen molar-refractivity contribution in [2.45, 2.75) is 32.7 Å². The zero-order valence-corrected chi connectivity index (χ0v) is 10.8. The minimum Gasteiger partial charge on any atom is -0.345 e. The van der Waals surface area contributed by atoms with Crippen LogP contribution in [0.3, 0.4) is 0 Å².